The van der Waals surface area contributed by atoms with Gasteiger partial charge in [-0.05, 0) is 24.5 Å². The van der Waals surface area contributed by atoms with E-state index in [0.717, 1.165) is 17.7 Å². The second-order valence-electron chi connectivity index (χ2n) is 5.10. The van der Waals surface area contributed by atoms with Gasteiger partial charge >= 0.3 is 5.97 Å². The van der Waals surface area contributed by atoms with Gasteiger partial charge in [-0.15, -0.1) is 0 Å². The van der Waals surface area contributed by atoms with Crippen LogP contribution in [0.1, 0.15) is 35.5 Å². The average molecular weight is 295 g/mol. The molecule has 0 radical (unpaired) electrons. The molecule has 0 spiro atoms. The number of carboxylic acid groups (broad SMARTS) is 1. The molecule has 3 aromatic rings. The Morgan fingerprint density at radius 3 is 2.45 bits per heavy atom. The number of hydrogen-bond acceptors (Lipinski definition) is 3. The molecule has 3 rings (SSSR count). The zero-order chi connectivity index (χ0) is 15.7. The number of carbonyl (C=O) groups is 1. The van der Waals surface area contributed by atoms with Crippen LogP contribution in [0, 0.1) is 0 Å². The molecule has 5 nitrogen and oxygen atoms in total. The minimum absolute atomic E-state index is 0.189. The van der Waals surface area contributed by atoms with Crippen LogP contribution in [0.25, 0.3) is 16.9 Å². The molecule has 2 heterocycles. The van der Waals surface area contributed by atoms with E-state index in [2.05, 4.69) is 29.1 Å². The van der Waals surface area contributed by atoms with Crippen molar-refractivity contribution in [3.8, 4) is 11.3 Å². The lowest BCUT2D eigenvalue weighted by Gasteiger charge is -2.05. The van der Waals surface area contributed by atoms with Crippen molar-refractivity contribution in [2.45, 2.75) is 26.7 Å². The lowest BCUT2D eigenvalue weighted by Crippen LogP contribution is -2.01. The first-order valence-electron chi connectivity index (χ1n) is 7.35. The summed E-state index contributed by atoms with van der Waals surface area (Å²) in [4.78, 5) is 15.7. The standard InChI is InChI=1S/C17H17N3O2/c1-3-11-5-7-12(8-6-11)14-9-10-18-16-15(17(21)22)13(4-2)19-20(14)16/h5-10H,3-4H2,1-2H3,(H,21,22). The highest BCUT2D eigenvalue weighted by atomic mass is 16.4. The lowest BCUT2D eigenvalue weighted by molar-refractivity contribution is 0.0697. The molecular weight excluding hydrogens is 278 g/mol. The van der Waals surface area contributed by atoms with Crippen LogP contribution in [-0.4, -0.2) is 25.7 Å². The van der Waals surface area contributed by atoms with Gasteiger partial charge in [-0.25, -0.2) is 14.3 Å². The van der Waals surface area contributed by atoms with Crippen LogP contribution in [0.3, 0.4) is 0 Å². The first-order valence-corrected chi connectivity index (χ1v) is 7.35. The molecule has 0 saturated heterocycles. The van der Waals surface area contributed by atoms with E-state index in [1.807, 2.05) is 25.1 Å². The smallest absolute Gasteiger partial charge is 0.341 e. The Bertz CT molecular complexity index is 835. The van der Waals surface area contributed by atoms with E-state index in [1.54, 1.807) is 10.7 Å². The van der Waals surface area contributed by atoms with Crippen molar-refractivity contribution in [1.29, 1.82) is 0 Å². The number of nitrogens with zero attached hydrogens (tertiary/aromatic N) is 3. The van der Waals surface area contributed by atoms with Gasteiger partial charge in [-0.3, -0.25) is 0 Å². The maximum Gasteiger partial charge on any atom is 0.341 e. The van der Waals surface area contributed by atoms with Crippen LogP contribution < -0.4 is 0 Å². The minimum Gasteiger partial charge on any atom is -0.477 e. The first-order chi connectivity index (χ1) is 10.7. The fraction of sp³-hybridized carbons (Fsp3) is 0.235. The van der Waals surface area contributed by atoms with E-state index in [1.165, 1.54) is 5.56 Å². The largest absolute Gasteiger partial charge is 0.477 e. The van der Waals surface area contributed by atoms with Crippen molar-refractivity contribution in [2.24, 2.45) is 0 Å². The quantitative estimate of drug-likeness (QED) is 0.802. The molecule has 1 aromatic carbocycles. The summed E-state index contributed by atoms with van der Waals surface area (Å²) in [6.07, 6.45) is 3.17. The summed E-state index contributed by atoms with van der Waals surface area (Å²) in [7, 11) is 0. The highest BCUT2D eigenvalue weighted by Gasteiger charge is 2.20. The number of rotatable bonds is 4. The molecule has 112 valence electrons. The molecule has 2 aromatic heterocycles. The number of aromatic carboxylic acids is 1. The summed E-state index contributed by atoms with van der Waals surface area (Å²) in [5, 5.41) is 13.9. The Balaban J connectivity index is 2.24. The third-order valence-electron chi connectivity index (χ3n) is 3.80. The molecule has 0 unspecified atom stereocenters. The average Bonchev–Trinajstić information content (AvgIpc) is 2.93. The third-order valence-corrected chi connectivity index (χ3v) is 3.80. The van der Waals surface area contributed by atoms with Gasteiger partial charge in [0.05, 0.1) is 11.4 Å². The van der Waals surface area contributed by atoms with Crippen molar-refractivity contribution in [3.05, 3.63) is 53.3 Å². The molecule has 0 aliphatic rings. The van der Waals surface area contributed by atoms with Crippen LogP contribution in [0.2, 0.25) is 0 Å². The van der Waals surface area contributed by atoms with E-state index in [-0.39, 0.29) is 5.56 Å². The van der Waals surface area contributed by atoms with Crippen molar-refractivity contribution >= 4 is 11.6 Å². The van der Waals surface area contributed by atoms with Crippen LogP contribution in [0.15, 0.2) is 36.5 Å². The van der Waals surface area contributed by atoms with Gasteiger partial charge in [-0.1, -0.05) is 38.1 Å². The van der Waals surface area contributed by atoms with Crippen molar-refractivity contribution < 1.29 is 9.90 Å². The summed E-state index contributed by atoms with van der Waals surface area (Å²) < 4.78 is 1.63. The van der Waals surface area contributed by atoms with E-state index in [4.69, 9.17) is 0 Å². The van der Waals surface area contributed by atoms with E-state index in [0.29, 0.717) is 17.8 Å². The first kappa shape index (κ1) is 14.3. The molecule has 0 atom stereocenters. The number of aryl methyl sites for hydroxylation is 2. The molecule has 5 heteroatoms. The molecule has 0 amide bonds. The number of benzene rings is 1. The van der Waals surface area contributed by atoms with Crippen LogP contribution >= 0.6 is 0 Å². The molecule has 22 heavy (non-hydrogen) atoms. The van der Waals surface area contributed by atoms with Gasteiger partial charge in [0.15, 0.2) is 5.65 Å². The van der Waals surface area contributed by atoms with Gasteiger partial charge in [0.25, 0.3) is 0 Å². The zero-order valence-electron chi connectivity index (χ0n) is 12.6. The Morgan fingerprint density at radius 1 is 1.14 bits per heavy atom. The fourth-order valence-corrected chi connectivity index (χ4v) is 2.59. The number of carboxylic acids is 1. The SMILES string of the molecule is CCc1ccc(-c2ccnc3c(C(=O)O)c(CC)nn23)cc1. The summed E-state index contributed by atoms with van der Waals surface area (Å²) in [5.74, 6) is -0.988. The maximum atomic E-state index is 11.5. The van der Waals surface area contributed by atoms with Crippen molar-refractivity contribution in [2.75, 3.05) is 0 Å². The number of hydrogen-bond donors (Lipinski definition) is 1. The number of fused-ring (bicyclic) bond motifs is 1. The second-order valence-corrected chi connectivity index (χ2v) is 5.10. The van der Waals surface area contributed by atoms with Gasteiger partial charge in [0, 0.05) is 11.8 Å². The molecule has 0 fully saturated rings. The highest BCUT2D eigenvalue weighted by molar-refractivity contribution is 5.96. The van der Waals surface area contributed by atoms with Gasteiger partial charge in [0.1, 0.15) is 5.56 Å². The summed E-state index contributed by atoms with van der Waals surface area (Å²) in [6, 6.07) is 10.1. The molecule has 0 aliphatic carbocycles. The Hall–Kier alpha value is -2.69. The summed E-state index contributed by atoms with van der Waals surface area (Å²) in [6.45, 7) is 4.00. The van der Waals surface area contributed by atoms with Crippen LogP contribution in [-0.2, 0) is 12.8 Å². The molecule has 1 N–H and O–H groups in total. The van der Waals surface area contributed by atoms with Gasteiger partial charge in [-0.2, -0.15) is 5.10 Å². The second kappa shape index (κ2) is 5.60. The van der Waals surface area contributed by atoms with Crippen molar-refractivity contribution in [3.63, 3.8) is 0 Å². The number of aromatic nitrogens is 3. The Kier molecular flexibility index (Phi) is 3.63. The minimum atomic E-state index is -0.988. The van der Waals surface area contributed by atoms with Crippen LogP contribution in [0.4, 0.5) is 0 Å². The summed E-state index contributed by atoms with van der Waals surface area (Å²) in [5.41, 5.74) is 4.23. The fourth-order valence-electron chi connectivity index (χ4n) is 2.59. The van der Waals surface area contributed by atoms with Crippen molar-refractivity contribution in [1.82, 2.24) is 14.6 Å². The van der Waals surface area contributed by atoms with Gasteiger partial charge < -0.3 is 5.11 Å². The third kappa shape index (κ3) is 2.24. The van der Waals surface area contributed by atoms with E-state index >= 15 is 0 Å². The Labute approximate surface area is 128 Å². The normalized spacial score (nSPS) is 11.0. The Morgan fingerprint density at radius 2 is 1.86 bits per heavy atom. The monoisotopic (exact) mass is 295 g/mol. The molecule has 0 saturated carbocycles. The topological polar surface area (TPSA) is 67.5 Å². The van der Waals surface area contributed by atoms with E-state index < -0.39 is 5.97 Å². The highest BCUT2D eigenvalue weighted by Crippen LogP contribution is 2.23. The summed E-state index contributed by atoms with van der Waals surface area (Å²) >= 11 is 0. The molecular formula is C17H17N3O2. The van der Waals surface area contributed by atoms with Gasteiger partial charge in [0.2, 0.25) is 0 Å². The predicted molar refractivity (Wildman–Crippen MR) is 84.1 cm³/mol. The van der Waals surface area contributed by atoms with E-state index in [9.17, 15) is 9.90 Å². The lowest BCUT2D eigenvalue weighted by atomic mass is 10.1. The predicted octanol–water partition coefficient (Wildman–Crippen LogP) is 3.22. The maximum absolute atomic E-state index is 11.5. The molecule has 0 bridgehead atoms. The molecule has 0 aliphatic heterocycles. The zero-order valence-corrected chi connectivity index (χ0v) is 12.6. The van der Waals surface area contributed by atoms with Crippen LogP contribution in [0.5, 0.6) is 0 Å².